The van der Waals surface area contributed by atoms with E-state index < -0.39 is 6.10 Å². The zero-order valence-electron chi connectivity index (χ0n) is 13.2. The average Bonchev–Trinajstić information content (AvgIpc) is 2.51. The van der Waals surface area contributed by atoms with Crippen LogP contribution in [0.25, 0.3) is 0 Å². The van der Waals surface area contributed by atoms with Crippen molar-refractivity contribution < 1.29 is 9.53 Å². The van der Waals surface area contributed by atoms with Crippen molar-refractivity contribution >= 4 is 17.5 Å². The predicted molar refractivity (Wildman–Crippen MR) is 89.5 cm³/mol. The van der Waals surface area contributed by atoms with E-state index in [1.54, 1.807) is 13.0 Å². The first kappa shape index (κ1) is 16.8. The summed E-state index contributed by atoms with van der Waals surface area (Å²) in [4.78, 5) is 16.6. The molecule has 0 N–H and O–H groups in total. The fraction of sp³-hybridized carbons (Fsp3) is 0.471. The Labute approximate surface area is 137 Å². The molecule has 1 aliphatic heterocycles. The number of rotatable bonds is 5. The van der Waals surface area contributed by atoms with Crippen molar-refractivity contribution in [2.45, 2.75) is 20.0 Å². The monoisotopic (exact) mass is 322 g/mol. The molecule has 2 rings (SSSR count). The van der Waals surface area contributed by atoms with Gasteiger partial charge in [-0.3, -0.25) is 9.69 Å². The Kier molecular flexibility index (Phi) is 5.86. The fourth-order valence-corrected chi connectivity index (χ4v) is 2.69. The van der Waals surface area contributed by atoms with Crippen LogP contribution in [0.15, 0.2) is 30.9 Å². The van der Waals surface area contributed by atoms with Crippen LogP contribution in [0.3, 0.4) is 0 Å². The smallest absolute Gasteiger partial charge is 0.263 e. The van der Waals surface area contributed by atoms with Crippen molar-refractivity contribution in [3.05, 3.63) is 41.4 Å². The maximum absolute atomic E-state index is 12.5. The largest absolute Gasteiger partial charge is 0.479 e. The maximum atomic E-state index is 12.5. The van der Waals surface area contributed by atoms with Crippen molar-refractivity contribution in [3.63, 3.8) is 0 Å². The number of benzene rings is 1. The molecular formula is C17H23ClN2O2. The summed E-state index contributed by atoms with van der Waals surface area (Å²) < 4.78 is 5.76. The molecule has 1 amide bonds. The first-order valence-electron chi connectivity index (χ1n) is 7.56. The molecule has 1 fully saturated rings. The molecule has 1 aliphatic rings. The Balaban J connectivity index is 1.92. The summed E-state index contributed by atoms with van der Waals surface area (Å²) in [6.07, 6.45) is 1.36. The predicted octanol–water partition coefficient (Wildman–Crippen LogP) is 2.75. The average molecular weight is 323 g/mol. The summed E-state index contributed by atoms with van der Waals surface area (Å²) in [5, 5.41) is 0.529. The second kappa shape index (κ2) is 7.65. The molecule has 0 aromatic heterocycles. The number of halogens is 1. The number of carbonyl (C=O) groups excluding carboxylic acids is 1. The lowest BCUT2D eigenvalue weighted by atomic mass is 10.2. The third kappa shape index (κ3) is 4.24. The number of ether oxygens (including phenoxy) is 1. The van der Waals surface area contributed by atoms with Crippen LogP contribution in [-0.2, 0) is 4.79 Å². The van der Waals surface area contributed by atoms with Crippen molar-refractivity contribution in [1.82, 2.24) is 9.80 Å². The number of aryl methyl sites for hydroxylation is 1. The summed E-state index contributed by atoms with van der Waals surface area (Å²) >= 11 is 6.12. The topological polar surface area (TPSA) is 32.8 Å². The van der Waals surface area contributed by atoms with Gasteiger partial charge in [-0.1, -0.05) is 23.7 Å². The minimum Gasteiger partial charge on any atom is -0.479 e. The van der Waals surface area contributed by atoms with Gasteiger partial charge in [-0.25, -0.2) is 0 Å². The van der Waals surface area contributed by atoms with E-state index in [4.69, 9.17) is 16.3 Å². The summed E-state index contributed by atoms with van der Waals surface area (Å²) in [5.74, 6) is 0.573. The molecular weight excluding hydrogens is 300 g/mol. The van der Waals surface area contributed by atoms with Gasteiger partial charge in [0.25, 0.3) is 5.91 Å². The number of amides is 1. The molecule has 0 aliphatic carbocycles. The minimum atomic E-state index is -0.537. The third-order valence-corrected chi connectivity index (χ3v) is 4.12. The zero-order chi connectivity index (χ0) is 16.1. The Hall–Kier alpha value is -1.52. The van der Waals surface area contributed by atoms with Crippen molar-refractivity contribution in [3.8, 4) is 5.75 Å². The highest BCUT2D eigenvalue weighted by Crippen LogP contribution is 2.26. The van der Waals surface area contributed by atoms with Gasteiger partial charge in [-0.05, 0) is 31.5 Å². The Morgan fingerprint density at radius 3 is 2.73 bits per heavy atom. The van der Waals surface area contributed by atoms with Crippen LogP contribution in [0, 0.1) is 6.92 Å². The highest BCUT2D eigenvalue weighted by atomic mass is 35.5. The highest BCUT2D eigenvalue weighted by molar-refractivity contribution is 6.32. The lowest BCUT2D eigenvalue weighted by Crippen LogP contribution is -2.51. The molecule has 1 aromatic rings. The normalized spacial score (nSPS) is 17.1. The zero-order valence-corrected chi connectivity index (χ0v) is 14.0. The molecule has 1 heterocycles. The van der Waals surface area contributed by atoms with Crippen molar-refractivity contribution in [2.24, 2.45) is 0 Å². The molecule has 1 atom stereocenters. The molecule has 4 nitrogen and oxygen atoms in total. The second-order valence-corrected chi connectivity index (χ2v) is 6.02. The fourth-order valence-electron chi connectivity index (χ4n) is 2.53. The molecule has 1 aromatic carbocycles. The van der Waals surface area contributed by atoms with Crippen LogP contribution >= 0.6 is 11.6 Å². The second-order valence-electron chi connectivity index (χ2n) is 5.61. The van der Waals surface area contributed by atoms with E-state index in [1.807, 2.05) is 30.0 Å². The van der Waals surface area contributed by atoms with Gasteiger partial charge >= 0.3 is 0 Å². The third-order valence-electron chi connectivity index (χ3n) is 3.81. The van der Waals surface area contributed by atoms with Crippen LogP contribution < -0.4 is 4.74 Å². The Bertz CT molecular complexity index is 539. The quantitative estimate of drug-likeness (QED) is 0.781. The van der Waals surface area contributed by atoms with E-state index in [1.165, 1.54) is 0 Å². The highest BCUT2D eigenvalue weighted by Gasteiger charge is 2.26. The molecule has 0 spiro atoms. The van der Waals surface area contributed by atoms with Crippen LogP contribution in [0.1, 0.15) is 12.5 Å². The molecule has 0 radical (unpaired) electrons. The minimum absolute atomic E-state index is 0.0100. The van der Waals surface area contributed by atoms with Gasteiger partial charge in [0, 0.05) is 32.7 Å². The maximum Gasteiger partial charge on any atom is 0.263 e. The standard InChI is InChI=1S/C17H23ClN2O2/c1-4-7-19-8-10-20(11-9-19)17(21)14(3)22-16-12-13(2)5-6-15(16)18/h4-6,12,14H,1,7-11H2,2-3H3/t14-/m1/s1. The van der Waals surface area contributed by atoms with E-state index in [-0.39, 0.29) is 5.91 Å². The van der Waals surface area contributed by atoms with E-state index >= 15 is 0 Å². The first-order chi connectivity index (χ1) is 10.5. The van der Waals surface area contributed by atoms with E-state index in [0.29, 0.717) is 10.8 Å². The van der Waals surface area contributed by atoms with Gasteiger partial charge in [0.2, 0.25) is 0 Å². The number of hydrogen-bond acceptors (Lipinski definition) is 3. The van der Waals surface area contributed by atoms with Gasteiger partial charge in [0.15, 0.2) is 6.10 Å². The number of piperazine rings is 1. The number of nitrogens with zero attached hydrogens (tertiary/aromatic N) is 2. The Morgan fingerprint density at radius 1 is 1.41 bits per heavy atom. The van der Waals surface area contributed by atoms with Crippen LogP contribution in [0.2, 0.25) is 5.02 Å². The van der Waals surface area contributed by atoms with Gasteiger partial charge in [0.1, 0.15) is 5.75 Å². The van der Waals surface area contributed by atoms with E-state index in [2.05, 4.69) is 11.5 Å². The lowest BCUT2D eigenvalue weighted by Gasteiger charge is -2.35. The SMILES string of the molecule is C=CCN1CCN(C(=O)[C@@H](C)Oc2cc(C)ccc2Cl)CC1. The molecule has 1 saturated heterocycles. The molecule has 120 valence electrons. The molecule has 0 bridgehead atoms. The van der Waals surface area contributed by atoms with E-state index in [0.717, 1.165) is 38.3 Å². The summed E-state index contributed by atoms with van der Waals surface area (Å²) in [6.45, 7) is 11.5. The molecule has 5 heteroatoms. The van der Waals surface area contributed by atoms with Crippen LogP contribution in [0.4, 0.5) is 0 Å². The summed E-state index contributed by atoms with van der Waals surface area (Å²) in [7, 11) is 0. The van der Waals surface area contributed by atoms with Crippen molar-refractivity contribution in [2.75, 3.05) is 32.7 Å². The Morgan fingerprint density at radius 2 is 2.09 bits per heavy atom. The van der Waals surface area contributed by atoms with Gasteiger partial charge < -0.3 is 9.64 Å². The van der Waals surface area contributed by atoms with Crippen LogP contribution in [0.5, 0.6) is 5.75 Å². The first-order valence-corrected chi connectivity index (χ1v) is 7.94. The number of hydrogen-bond donors (Lipinski definition) is 0. The van der Waals surface area contributed by atoms with Gasteiger partial charge in [-0.2, -0.15) is 0 Å². The van der Waals surface area contributed by atoms with Gasteiger partial charge in [-0.15, -0.1) is 6.58 Å². The molecule has 22 heavy (non-hydrogen) atoms. The lowest BCUT2D eigenvalue weighted by molar-refractivity contribution is -0.139. The molecule has 0 unspecified atom stereocenters. The number of carbonyl (C=O) groups is 1. The summed E-state index contributed by atoms with van der Waals surface area (Å²) in [5.41, 5.74) is 1.05. The summed E-state index contributed by atoms with van der Waals surface area (Å²) in [6, 6.07) is 5.56. The van der Waals surface area contributed by atoms with Gasteiger partial charge in [0.05, 0.1) is 5.02 Å². The van der Waals surface area contributed by atoms with Crippen LogP contribution in [-0.4, -0.2) is 54.5 Å². The van der Waals surface area contributed by atoms with Crippen molar-refractivity contribution in [1.29, 1.82) is 0 Å². The van der Waals surface area contributed by atoms with E-state index in [9.17, 15) is 4.79 Å². The molecule has 0 saturated carbocycles.